The van der Waals surface area contributed by atoms with E-state index in [1.165, 1.54) is 0 Å². The summed E-state index contributed by atoms with van der Waals surface area (Å²) in [5.74, 6) is -0.225. The number of hydrogen-bond acceptors (Lipinski definition) is 3. The molecule has 1 atom stereocenters. The van der Waals surface area contributed by atoms with Crippen molar-refractivity contribution in [3.8, 4) is 5.75 Å². The summed E-state index contributed by atoms with van der Waals surface area (Å²) in [5.41, 5.74) is 7.15. The quantitative estimate of drug-likeness (QED) is 0.855. The van der Waals surface area contributed by atoms with E-state index in [2.05, 4.69) is 15.9 Å². The van der Waals surface area contributed by atoms with Crippen molar-refractivity contribution in [1.82, 2.24) is 0 Å². The summed E-state index contributed by atoms with van der Waals surface area (Å²) in [6.07, 6.45) is 0.800. The number of ether oxygens (including phenoxy) is 1. The lowest BCUT2D eigenvalue weighted by Gasteiger charge is -2.10. The Kier molecular flexibility index (Phi) is 2.67. The van der Waals surface area contributed by atoms with Crippen molar-refractivity contribution in [2.45, 2.75) is 12.5 Å². The second kappa shape index (κ2) is 3.83. The van der Waals surface area contributed by atoms with Gasteiger partial charge in [-0.1, -0.05) is 0 Å². The number of aliphatic carboxylic acids is 1. The summed E-state index contributed by atoms with van der Waals surface area (Å²) < 4.78 is 6.16. The molecule has 1 aromatic rings. The van der Waals surface area contributed by atoms with Crippen LogP contribution in [0.1, 0.15) is 17.2 Å². The Hall–Kier alpha value is -1.07. The van der Waals surface area contributed by atoms with Gasteiger partial charge in [-0.3, -0.25) is 4.79 Å². The Bertz CT molecular complexity index is 419. The van der Waals surface area contributed by atoms with E-state index in [0.717, 1.165) is 22.2 Å². The fraction of sp³-hybridized carbons (Fsp3) is 0.300. The first kappa shape index (κ1) is 10.4. The summed E-state index contributed by atoms with van der Waals surface area (Å²) in [7, 11) is 0. The van der Waals surface area contributed by atoms with Crippen LogP contribution in [0.25, 0.3) is 0 Å². The minimum Gasteiger partial charge on any atom is -0.492 e. The third-order valence-corrected chi connectivity index (χ3v) is 2.97. The number of carbonyl (C=O) groups is 1. The molecule has 4 nitrogen and oxygen atoms in total. The molecule has 0 fully saturated rings. The van der Waals surface area contributed by atoms with Crippen LogP contribution in [0.5, 0.6) is 5.75 Å². The fourth-order valence-electron chi connectivity index (χ4n) is 1.61. The molecule has 1 heterocycles. The van der Waals surface area contributed by atoms with E-state index in [1.54, 1.807) is 12.1 Å². The van der Waals surface area contributed by atoms with Crippen molar-refractivity contribution in [1.29, 1.82) is 0 Å². The predicted octanol–water partition coefficient (Wildman–Crippen LogP) is 1.47. The molecule has 0 bridgehead atoms. The van der Waals surface area contributed by atoms with Crippen LogP contribution in [-0.2, 0) is 11.2 Å². The first-order valence-electron chi connectivity index (χ1n) is 4.53. The Balaban J connectivity index is 2.43. The summed E-state index contributed by atoms with van der Waals surface area (Å²) in [5, 5.41) is 8.80. The summed E-state index contributed by atoms with van der Waals surface area (Å²) in [4.78, 5) is 10.7. The van der Waals surface area contributed by atoms with Crippen LogP contribution in [0.3, 0.4) is 0 Å². The number of carboxylic acids is 1. The van der Waals surface area contributed by atoms with Crippen molar-refractivity contribution in [2.24, 2.45) is 5.73 Å². The molecule has 0 saturated carbocycles. The molecule has 0 amide bonds. The highest BCUT2D eigenvalue weighted by atomic mass is 79.9. The van der Waals surface area contributed by atoms with E-state index in [-0.39, 0.29) is 0 Å². The molecule has 1 aromatic carbocycles. The number of benzene rings is 1. The molecule has 0 aromatic heterocycles. The van der Waals surface area contributed by atoms with Gasteiger partial charge in [0.2, 0.25) is 0 Å². The van der Waals surface area contributed by atoms with E-state index >= 15 is 0 Å². The average molecular weight is 272 g/mol. The molecule has 3 N–H and O–H groups in total. The molecule has 15 heavy (non-hydrogen) atoms. The number of carboxylic acid groups (broad SMARTS) is 1. The number of fused-ring (bicyclic) bond motifs is 1. The maximum absolute atomic E-state index is 10.7. The Morgan fingerprint density at radius 3 is 3.00 bits per heavy atom. The van der Waals surface area contributed by atoms with Gasteiger partial charge in [0.15, 0.2) is 0 Å². The zero-order valence-electron chi connectivity index (χ0n) is 7.87. The molecule has 0 spiro atoms. The van der Waals surface area contributed by atoms with Gasteiger partial charge in [-0.2, -0.15) is 0 Å². The van der Waals surface area contributed by atoms with E-state index in [0.29, 0.717) is 12.2 Å². The van der Waals surface area contributed by atoms with E-state index in [1.807, 2.05) is 0 Å². The van der Waals surface area contributed by atoms with Gasteiger partial charge < -0.3 is 15.6 Å². The number of halogens is 1. The first-order valence-corrected chi connectivity index (χ1v) is 5.32. The molecule has 1 aliphatic heterocycles. The second-order valence-electron chi connectivity index (χ2n) is 3.41. The largest absolute Gasteiger partial charge is 0.492 e. The summed E-state index contributed by atoms with van der Waals surface area (Å²) in [6, 6.07) is 2.52. The molecule has 0 radical (unpaired) electrons. The Labute approximate surface area is 95.2 Å². The van der Waals surface area contributed by atoms with Gasteiger partial charge in [-0.25, -0.2) is 0 Å². The molecule has 0 aliphatic carbocycles. The van der Waals surface area contributed by atoms with Crippen molar-refractivity contribution in [2.75, 3.05) is 6.61 Å². The van der Waals surface area contributed by atoms with Gasteiger partial charge in [-0.15, -0.1) is 0 Å². The van der Waals surface area contributed by atoms with Gasteiger partial charge in [0, 0.05) is 6.42 Å². The lowest BCUT2D eigenvalue weighted by molar-refractivity contribution is -0.138. The third-order valence-electron chi connectivity index (χ3n) is 2.39. The van der Waals surface area contributed by atoms with E-state index < -0.39 is 12.0 Å². The number of hydrogen-bond donors (Lipinski definition) is 2. The smallest absolute Gasteiger partial charge is 0.325 e. The molecule has 1 aliphatic rings. The van der Waals surface area contributed by atoms with Crippen LogP contribution >= 0.6 is 15.9 Å². The molecular weight excluding hydrogens is 262 g/mol. The van der Waals surface area contributed by atoms with Crippen LogP contribution in [0.15, 0.2) is 16.6 Å². The zero-order chi connectivity index (χ0) is 11.0. The third kappa shape index (κ3) is 1.85. The molecule has 1 unspecified atom stereocenters. The minimum absolute atomic E-state index is 0.596. The van der Waals surface area contributed by atoms with Crippen LogP contribution in [0.4, 0.5) is 0 Å². The fourth-order valence-corrected chi connectivity index (χ4v) is 2.24. The molecule has 80 valence electrons. The lowest BCUT2D eigenvalue weighted by Crippen LogP contribution is -2.20. The maximum atomic E-state index is 10.7. The zero-order valence-corrected chi connectivity index (χ0v) is 9.45. The Morgan fingerprint density at radius 2 is 2.33 bits per heavy atom. The number of nitrogens with two attached hydrogens (primary N) is 1. The number of rotatable bonds is 2. The molecule has 0 saturated heterocycles. The van der Waals surface area contributed by atoms with Crippen molar-refractivity contribution in [3.63, 3.8) is 0 Å². The molecule has 5 heteroatoms. The van der Waals surface area contributed by atoms with Gasteiger partial charge in [0.05, 0.1) is 11.1 Å². The van der Waals surface area contributed by atoms with Crippen LogP contribution in [0, 0.1) is 0 Å². The average Bonchev–Trinajstić information content (AvgIpc) is 2.64. The van der Waals surface area contributed by atoms with Gasteiger partial charge in [0.25, 0.3) is 0 Å². The Morgan fingerprint density at radius 1 is 1.60 bits per heavy atom. The lowest BCUT2D eigenvalue weighted by atomic mass is 10.0. The molecule has 2 rings (SSSR count). The van der Waals surface area contributed by atoms with Crippen molar-refractivity contribution >= 4 is 21.9 Å². The van der Waals surface area contributed by atoms with Crippen LogP contribution in [-0.4, -0.2) is 17.7 Å². The standard InChI is InChI=1S/C10H10BrNO3/c11-7-4-6(8(12)10(13)14)3-5-1-2-15-9(5)7/h3-4,8H,1-2,12H2,(H,13,14). The van der Waals surface area contributed by atoms with Crippen molar-refractivity contribution in [3.05, 3.63) is 27.7 Å². The van der Waals surface area contributed by atoms with Gasteiger partial charge in [0.1, 0.15) is 11.8 Å². The SMILES string of the molecule is NC(C(=O)O)c1cc(Br)c2c(c1)CCO2. The highest BCUT2D eigenvalue weighted by Gasteiger charge is 2.21. The van der Waals surface area contributed by atoms with Crippen LogP contribution < -0.4 is 10.5 Å². The monoisotopic (exact) mass is 271 g/mol. The minimum atomic E-state index is -1.03. The van der Waals surface area contributed by atoms with Crippen LogP contribution in [0.2, 0.25) is 0 Å². The van der Waals surface area contributed by atoms with Crippen molar-refractivity contribution < 1.29 is 14.6 Å². The normalized spacial score (nSPS) is 15.6. The van der Waals surface area contributed by atoms with E-state index in [9.17, 15) is 4.79 Å². The van der Waals surface area contributed by atoms with Gasteiger partial charge in [-0.05, 0) is 39.2 Å². The predicted molar refractivity (Wildman–Crippen MR) is 57.9 cm³/mol. The topological polar surface area (TPSA) is 72.6 Å². The first-order chi connectivity index (χ1) is 7.09. The second-order valence-corrected chi connectivity index (χ2v) is 4.26. The highest BCUT2D eigenvalue weighted by molar-refractivity contribution is 9.10. The maximum Gasteiger partial charge on any atom is 0.325 e. The van der Waals surface area contributed by atoms with Gasteiger partial charge >= 0.3 is 5.97 Å². The summed E-state index contributed by atoms with van der Waals surface area (Å²) in [6.45, 7) is 0.639. The summed E-state index contributed by atoms with van der Waals surface area (Å²) >= 11 is 3.34. The molecular formula is C10H10BrNO3. The highest BCUT2D eigenvalue weighted by Crippen LogP contribution is 2.35. The van der Waals surface area contributed by atoms with E-state index in [4.69, 9.17) is 15.6 Å².